The second kappa shape index (κ2) is 60.6. The van der Waals surface area contributed by atoms with Crippen LogP contribution in [0.3, 0.4) is 0 Å². The lowest BCUT2D eigenvalue weighted by Gasteiger charge is -2.15. The van der Waals surface area contributed by atoms with Gasteiger partial charge in [0.15, 0.2) is 6.10 Å². The topological polar surface area (TPSA) is 72.8 Å². The number of carbonyl (C=O) groups is 2. The van der Waals surface area contributed by atoms with Crippen LogP contribution in [-0.2, 0) is 19.1 Å². The fraction of sp³-hybridized carbons (Fsp3) is 0.667. The Hall–Kier alpha value is -3.70. The number of hydrogen-bond donors (Lipinski definition) is 1. The molecular weight excluding hydrogens is 873 g/mol. The molecule has 0 rings (SSSR count). The fourth-order valence-electron chi connectivity index (χ4n) is 8.07. The summed E-state index contributed by atoms with van der Waals surface area (Å²) in [6.07, 6.45) is 88.9. The Balaban J connectivity index is 3.53. The lowest BCUT2D eigenvalue weighted by molar-refractivity contribution is -0.161. The van der Waals surface area contributed by atoms with Crippen molar-refractivity contribution in [2.75, 3.05) is 13.2 Å². The van der Waals surface area contributed by atoms with Crippen molar-refractivity contribution in [1.82, 2.24) is 0 Å². The molecule has 0 bridgehead atoms. The summed E-state index contributed by atoms with van der Waals surface area (Å²) in [6.45, 7) is 4.01. The van der Waals surface area contributed by atoms with Crippen molar-refractivity contribution < 1.29 is 24.2 Å². The molecule has 0 amide bonds. The first-order chi connectivity index (χ1) is 35.1. The van der Waals surface area contributed by atoms with E-state index in [1.54, 1.807) is 0 Å². The first-order valence-corrected chi connectivity index (χ1v) is 29.6. The number of allylic oxidation sites excluding steroid dienone is 20. The predicted octanol–water partition coefficient (Wildman–Crippen LogP) is 20.2. The summed E-state index contributed by atoms with van der Waals surface area (Å²) in [5, 5.41) is 9.65. The van der Waals surface area contributed by atoms with Gasteiger partial charge >= 0.3 is 11.9 Å². The van der Waals surface area contributed by atoms with E-state index in [2.05, 4.69) is 135 Å². The summed E-state index contributed by atoms with van der Waals surface area (Å²) in [4.78, 5) is 24.5. The highest BCUT2D eigenvalue weighted by atomic mass is 16.6. The summed E-state index contributed by atoms with van der Waals surface area (Å²) in [6, 6.07) is 0. The highest BCUT2D eigenvalue weighted by Crippen LogP contribution is 2.15. The number of carbonyl (C=O) groups excluding carboxylic acids is 2. The molecule has 5 nitrogen and oxygen atoms in total. The van der Waals surface area contributed by atoms with E-state index in [0.29, 0.717) is 12.8 Å². The standard InChI is InChI=1S/C66H110O5/c1-3-5-7-9-11-13-15-17-19-21-23-24-25-26-27-28-29-30-31-32-33-34-35-36-37-38-39-40-41-42-43-45-47-49-51-53-55-57-59-61-66(69)71-64(62-67)63-70-65(68)60-58-56-54-52-50-48-46-44-22-20-18-16-14-12-10-8-6-4-2/h5,7,11,13-14,16-17,19-20,22-24,26-27,29-30,32-33,35-36,64,67H,3-4,6,8-10,12,15,18,21,25,28,31,34,37-63H2,1-2H3/b7-5-,13-11-,16-14-,19-17-,22-20-,24-23-,27-26-,30-29-,33-32-,36-35-. The van der Waals surface area contributed by atoms with E-state index in [9.17, 15) is 14.7 Å². The molecule has 5 heteroatoms. The molecule has 1 unspecified atom stereocenters. The average Bonchev–Trinajstić information content (AvgIpc) is 3.37. The minimum absolute atomic E-state index is 0.0739. The van der Waals surface area contributed by atoms with Crippen LogP contribution in [0.2, 0.25) is 0 Å². The average molecular weight is 984 g/mol. The Morgan fingerprint density at radius 3 is 0.915 bits per heavy atom. The largest absolute Gasteiger partial charge is 0.462 e. The summed E-state index contributed by atoms with van der Waals surface area (Å²) in [5.41, 5.74) is 0. The monoisotopic (exact) mass is 983 g/mol. The predicted molar refractivity (Wildman–Crippen MR) is 311 cm³/mol. The molecular formula is C66H110O5. The molecule has 1 N–H and O–H groups in total. The van der Waals surface area contributed by atoms with Crippen LogP contribution in [0.1, 0.15) is 264 Å². The van der Waals surface area contributed by atoms with Crippen LogP contribution in [0.4, 0.5) is 0 Å². The molecule has 404 valence electrons. The number of esters is 2. The quantitative estimate of drug-likeness (QED) is 0.0373. The highest BCUT2D eigenvalue weighted by molar-refractivity contribution is 5.70. The highest BCUT2D eigenvalue weighted by Gasteiger charge is 2.16. The summed E-state index contributed by atoms with van der Waals surface area (Å²) < 4.78 is 10.7. The van der Waals surface area contributed by atoms with Gasteiger partial charge in [0.25, 0.3) is 0 Å². The molecule has 0 saturated carbocycles. The molecule has 1 atom stereocenters. The van der Waals surface area contributed by atoms with Gasteiger partial charge in [0.1, 0.15) is 6.61 Å². The molecule has 0 radical (unpaired) electrons. The van der Waals surface area contributed by atoms with E-state index in [1.807, 2.05) is 0 Å². The summed E-state index contributed by atoms with van der Waals surface area (Å²) in [5.74, 6) is -0.600. The van der Waals surface area contributed by atoms with Crippen LogP contribution < -0.4 is 0 Å². The number of aliphatic hydroxyl groups is 1. The Morgan fingerprint density at radius 2 is 0.606 bits per heavy atom. The smallest absolute Gasteiger partial charge is 0.306 e. The van der Waals surface area contributed by atoms with Crippen molar-refractivity contribution in [3.8, 4) is 0 Å². The van der Waals surface area contributed by atoms with Gasteiger partial charge in [-0.15, -0.1) is 0 Å². The molecule has 0 aromatic carbocycles. The number of rotatable bonds is 53. The van der Waals surface area contributed by atoms with Crippen LogP contribution in [0, 0.1) is 0 Å². The van der Waals surface area contributed by atoms with E-state index in [-0.39, 0.29) is 25.2 Å². The zero-order valence-electron chi connectivity index (χ0n) is 46.2. The Morgan fingerprint density at radius 1 is 0.338 bits per heavy atom. The zero-order valence-corrected chi connectivity index (χ0v) is 46.2. The van der Waals surface area contributed by atoms with Gasteiger partial charge in [0, 0.05) is 12.8 Å². The van der Waals surface area contributed by atoms with Crippen LogP contribution in [0.15, 0.2) is 122 Å². The maximum atomic E-state index is 12.3. The molecule has 0 saturated heterocycles. The summed E-state index contributed by atoms with van der Waals surface area (Å²) in [7, 11) is 0. The molecule has 0 aliphatic heterocycles. The van der Waals surface area contributed by atoms with E-state index >= 15 is 0 Å². The van der Waals surface area contributed by atoms with Gasteiger partial charge in [-0.1, -0.05) is 264 Å². The maximum absolute atomic E-state index is 12.3. The van der Waals surface area contributed by atoms with E-state index in [1.165, 1.54) is 135 Å². The van der Waals surface area contributed by atoms with Gasteiger partial charge in [-0.3, -0.25) is 9.59 Å². The molecule has 0 spiro atoms. The van der Waals surface area contributed by atoms with Crippen molar-refractivity contribution in [2.45, 2.75) is 270 Å². The number of aliphatic hydroxyl groups excluding tert-OH is 1. The molecule has 0 aliphatic carbocycles. The molecule has 0 heterocycles. The van der Waals surface area contributed by atoms with Crippen molar-refractivity contribution >= 4 is 11.9 Å². The fourth-order valence-corrected chi connectivity index (χ4v) is 8.07. The Kier molecular flexibility index (Phi) is 57.4. The molecule has 0 aromatic heterocycles. The van der Waals surface area contributed by atoms with Gasteiger partial charge in [0.05, 0.1) is 6.61 Å². The van der Waals surface area contributed by atoms with Gasteiger partial charge in [-0.05, 0) is 109 Å². The first-order valence-electron chi connectivity index (χ1n) is 29.6. The van der Waals surface area contributed by atoms with E-state index < -0.39 is 6.10 Å². The first kappa shape index (κ1) is 67.3. The third kappa shape index (κ3) is 58.8. The van der Waals surface area contributed by atoms with E-state index in [0.717, 1.165) is 103 Å². The van der Waals surface area contributed by atoms with Crippen molar-refractivity contribution in [1.29, 1.82) is 0 Å². The maximum Gasteiger partial charge on any atom is 0.306 e. The van der Waals surface area contributed by atoms with Crippen LogP contribution >= 0.6 is 0 Å². The Bertz CT molecular complexity index is 1440. The number of hydrogen-bond acceptors (Lipinski definition) is 5. The number of ether oxygens (including phenoxy) is 2. The lowest BCUT2D eigenvalue weighted by Crippen LogP contribution is -2.28. The van der Waals surface area contributed by atoms with Gasteiger partial charge < -0.3 is 14.6 Å². The second-order valence-corrected chi connectivity index (χ2v) is 19.3. The zero-order chi connectivity index (χ0) is 51.3. The lowest BCUT2D eigenvalue weighted by atomic mass is 10.0. The van der Waals surface area contributed by atoms with Crippen molar-refractivity contribution in [3.63, 3.8) is 0 Å². The molecule has 0 aromatic rings. The SMILES string of the molecule is CC/C=C\C/C=C\C/C=C\C/C=C\C/C=C\C/C=C\C/C=C\C/C=C\CCCCCCCCCCCCCCCCC(=O)OC(CO)COC(=O)CCCCCCCCC/C=C\C/C=C\CCCCCC. The summed E-state index contributed by atoms with van der Waals surface area (Å²) >= 11 is 0. The number of unbranched alkanes of at least 4 members (excludes halogenated alkanes) is 25. The molecule has 71 heavy (non-hydrogen) atoms. The Labute approximate surface area is 439 Å². The minimum atomic E-state index is -0.782. The van der Waals surface area contributed by atoms with Crippen molar-refractivity contribution in [3.05, 3.63) is 122 Å². The third-order valence-electron chi connectivity index (χ3n) is 12.5. The third-order valence-corrected chi connectivity index (χ3v) is 12.5. The van der Waals surface area contributed by atoms with Gasteiger partial charge in [0.2, 0.25) is 0 Å². The van der Waals surface area contributed by atoms with Crippen LogP contribution in [0.25, 0.3) is 0 Å². The van der Waals surface area contributed by atoms with Gasteiger partial charge in [-0.25, -0.2) is 0 Å². The van der Waals surface area contributed by atoms with Crippen LogP contribution in [-0.4, -0.2) is 36.4 Å². The molecule has 0 aliphatic rings. The van der Waals surface area contributed by atoms with E-state index in [4.69, 9.17) is 9.47 Å². The second-order valence-electron chi connectivity index (χ2n) is 19.3. The van der Waals surface area contributed by atoms with Crippen LogP contribution in [0.5, 0.6) is 0 Å². The molecule has 0 fully saturated rings. The minimum Gasteiger partial charge on any atom is -0.462 e. The van der Waals surface area contributed by atoms with Gasteiger partial charge in [-0.2, -0.15) is 0 Å². The van der Waals surface area contributed by atoms with Crippen molar-refractivity contribution in [2.24, 2.45) is 0 Å². The normalized spacial score (nSPS) is 13.1.